The average molecular weight is 383 g/mol. The van der Waals surface area contributed by atoms with Crippen LogP contribution in [0.1, 0.15) is 32.1 Å². The number of hydrogen-bond donors (Lipinski definition) is 0. The number of piperazine rings is 1. The van der Waals surface area contributed by atoms with Crippen LogP contribution in [0.4, 0.5) is 5.95 Å². The van der Waals surface area contributed by atoms with Gasteiger partial charge in [-0.1, -0.05) is 0 Å². The molecular formula is C21H29N5O2. The monoisotopic (exact) mass is 383 g/mol. The van der Waals surface area contributed by atoms with Gasteiger partial charge in [0.15, 0.2) is 0 Å². The summed E-state index contributed by atoms with van der Waals surface area (Å²) in [6.45, 7) is 5.54. The smallest absolute Gasteiger partial charge is 0.233 e. The summed E-state index contributed by atoms with van der Waals surface area (Å²) in [6.07, 6.45) is 8.93. The number of carbonyl (C=O) groups excluding carboxylic acids is 2. The fourth-order valence-electron chi connectivity index (χ4n) is 5.92. The molecular weight excluding hydrogens is 354 g/mol. The first-order chi connectivity index (χ1) is 13.7. The van der Waals surface area contributed by atoms with Crippen LogP contribution in [0.25, 0.3) is 0 Å². The highest BCUT2D eigenvalue weighted by atomic mass is 16.2. The predicted octanol–water partition coefficient (Wildman–Crippen LogP) is 1.41. The second kappa shape index (κ2) is 7.43. The van der Waals surface area contributed by atoms with E-state index in [1.165, 1.54) is 0 Å². The number of rotatable bonds is 6. The zero-order chi connectivity index (χ0) is 19.1. The number of imide groups is 1. The lowest BCUT2D eigenvalue weighted by Crippen LogP contribution is -2.47. The summed E-state index contributed by atoms with van der Waals surface area (Å²) < 4.78 is 0. The maximum atomic E-state index is 12.7. The SMILES string of the molecule is O=C1[C@@H]2[C@@H]3CC[C@@H](C3)[C@H]2C(=O)N1CCCCN1CCN(c2ncccn2)CC1. The lowest BCUT2D eigenvalue weighted by molar-refractivity contribution is -0.140. The van der Waals surface area contributed by atoms with E-state index in [1.807, 2.05) is 6.07 Å². The fraction of sp³-hybridized carbons (Fsp3) is 0.714. The molecule has 2 saturated carbocycles. The molecule has 0 aromatic carbocycles. The van der Waals surface area contributed by atoms with Crippen LogP contribution in [0.15, 0.2) is 18.5 Å². The van der Waals surface area contributed by atoms with Gasteiger partial charge in [0.25, 0.3) is 0 Å². The maximum absolute atomic E-state index is 12.7. The lowest BCUT2D eigenvalue weighted by atomic mass is 9.81. The molecule has 0 radical (unpaired) electrons. The normalized spacial score (nSPS) is 32.4. The Bertz CT molecular complexity index is 706. The summed E-state index contributed by atoms with van der Waals surface area (Å²) in [6, 6.07) is 1.84. The van der Waals surface area contributed by atoms with E-state index in [9.17, 15) is 9.59 Å². The third kappa shape index (κ3) is 3.09. The Morgan fingerprint density at radius 1 is 0.857 bits per heavy atom. The number of hydrogen-bond acceptors (Lipinski definition) is 6. The first kappa shape index (κ1) is 18.0. The molecule has 0 unspecified atom stereocenters. The zero-order valence-electron chi connectivity index (χ0n) is 16.4. The van der Waals surface area contributed by atoms with Crippen molar-refractivity contribution in [2.45, 2.75) is 32.1 Å². The number of aromatic nitrogens is 2. The molecule has 4 atom stereocenters. The van der Waals surface area contributed by atoms with Gasteiger partial charge in [0.1, 0.15) is 0 Å². The summed E-state index contributed by atoms with van der Waals surface area (Å²) in [5.41, 5.74) is 0. The van der Waals surface area contributed by atoms with Crippen molar-refractivity contribution in [2.24, 2.45) is 23.7 Å². The number of likely N-dealkylation sites (tertiary alicyclic amines) is 1. The molecule has 7 nitrogen and oxygen atoms in total. The first-order valence-corrected chi connectivity index (χ1v) is 10.8. The molecule has 0 N–H and O–H groups in total. The highest BCUT2D eigenvalue weighted by Crippen LogP contribution is 2.56. The number of unbranched alkanes of at least 4 members (excludes halogenated alkanes) is 1. The van der Waals surface area contributed by atoms with Gasteiger partial charge in [-0.25, -0.2) is 9.97 Å². The second-order valence-corrected chi connectivity index (χ2v) is 8.80. The van der Waals surface area contributed by atoms with Crippen molar-refractivity contribution in [2.75, 3.05) is 44.2 Å². The van der Waals surface area contributed by atoms with E-state index in [2.05, 4.69) is 19.8 Å². The minimum Gasteiger partial charge on any atom is -0.338 e. The molecule has 1 aromatic heterocycles. The molecule has 0 spiro atoms. The third-order valence-electron chi connectivity index (χ3n) is 7.33. The molecule has 28 heavy (non-hydrogen) atoms. The molecule has 2 amide bonds. The van der Waals surface area contributed by atoms with Gasteiger partial charge in [-0.05, 0) is 56.6 Å². The second-order valence-electron chi connectivity index (χ2n) is 8.80. The van der Waals surface area contributed by atoms with Gasteiger partial charge >= 0.3 is 0 Å². The Labute approximate surface area is 166 Å². The number of carbonyl (C=O) groups is 2. The number of fused-ring (bicyclic) bond motifs is 5. The van der Waals surface area contributed by atoms with Crippen LogP contribution in [-0.2, 0) is 9.59 Å². The molecule has 1 aromatic rings. The Morgan fingerprint density at radius 3 is 2.11 bits per heavy atom. The van der Waals surface area contributed by atoms with E-state index in [4.69, 9.17) is 0 Å². The van der Waals surface area contributed by atoms with Gasteiger partial charge in [-0.15, -0.1) is 0 Å². The van der Waals surface area contributed by atoms with Gasteiger partial charge < -0.3 is 4.90 Å². The molecule has 7 heteroatoms. The Balaban J connectivity index is 1.05. The molecule has 150 valence electrons. The highest BCUT2D eigenvalue weighted by molar-refractivity contribution is 6.06. The van der Waals surface area contributed by atoms with Gasteiger partial charge in [0.05, 0.1) is 11.8 Å². The van der Waals surface area contributed by atoms with Crippen LogP contribution < -0.4 is 4.90 Å². The van der Waals surface area contributed by atoms with Crippen molar-refractivity contribution in [1.82, 2.24) is 19.8 Å². The Morgan fingerprint density at radius 2 is 1.46 bits per heavy atom. The third-order valence-corrected chi connectivity index (χ3v) is 7.33. The zero-order valence-corrected chi connectivity index (χ0v) is 16.4. The van der Waals surface area contributed by atoms with Crippen LogP contribution in [0.5, 0.6) is 0 Å². The van der Waals surface area contributed by atoms with Crippen molar-refractivity contribution >= 4 is 17.8 Å². The van der Waals surface area contributed by atoms with Gasteiger partial charge in [-0.2, -0.15) is 0 Å². The summed E-state index contributed by atoms with van der Waals surface area (Å²) in [7, 11) is 0. The minimum absolute atomic E-state index is 0.0273. The molecule has 2 aliphatic carbocycles. The van der Waals surface area contributed by atoms with E-state index < -0.39 is 0 Å². The van der Waals surface area contributed by atoms with E-state index >= 15 is 0 Å². The summed E-state index contributed by atoms with van der Waals surface area (Å²) in [5.74, 6) is 2.12. The van der Waals surface area contributed by atoms with E-state index in [-0.39, 0.29) is 23.7 Å². The van der Waals surface area contributed by atoms with Crippen molar-refractivity contribution in [3.8, 4) is 0 Å². The van der Waals surface area contributed by atoms with Gasteiger partial charge in [-0.3, -0.25) is 19.4 Å². The standard InChI is InChI=1S/C21H29N5O2/c27-19-17-15-4-5-16(14-15)18(17)20(28)26(19)9-2-1-8-24-10-12-25(13-11-24)21-22-6-3-7-23-21/h3,6-7,15-18H,1-2,4-5,8-14H2/t15-,16+,17-,18-/m1/s1. The van der Waals surface area contributed by atoms with Crippen LogP contribution in [-0.4, -0.2) is 70.9 Å². The quantitative estimate of drug-likeness (QED) is 0.546. The predicted molar refractivity (Wildman–Crippen MR) is 104 cm³/mol. The maximum Gasteiger partial charge on any atom is 0.233 e. The summed E-state index contributed by atoms with van der Waals surface area (Å²) >= 11 is 0. The topological polar surface area (TPSA) is 69.6 Å². The largest absolute Gasteiger partial charge is 0.338 e. The summed E-state index contributed by atoms with van der Waals surface area (Å²) in [5, 5.41) is 0. The van der Waals surface area contributed by atoms with Gasteiger partial charge in [0.2, 0.25) is 17.8 Å². The molecule has 5 rings (SSSR count). The number of anilines is 1. The van der Waals surface area contributed by atoms with Crippen LogP contribution >= 0.6 is 0 Å². The molecule has 2 bridgehead atoms. The fourth-order valence-corrected chi connectivity index (χ4v) is 5.92. The molecule has 4 fully saturated rings. The Kier molecular flexibility index (Phi) is 4.78. The molecule has 2 aliphatic heterocycles. The van der Waals surface area contributed by atoms with Crippen LogP contribution in [0.2, 0.25) is 0 Å². The van der Waals surface area contributed by atoms with Crippen molar-refractivity contribution in [3.05, 3.63) is 18.5 Å². The van der Waals surface area contributed by atoms with Crippen LogP contribution in [0.3, 0.4) is 0 Å². The van der Waals surface area contributed by atoms with E-state index in [1.54, 1.807) is 17.3 Å². The van der Waals surface area contributed by atoms with Crippen molar-refractivity contribution < 1.29 is 9.59 Å². The van der Waals surface area contributed by atoms with E-state index in [0.29, 0.717) is 18.4 Å². The minimum atomic E-state index is 0.0273. The highest BCUT2D eigenvalue weighted by Gasteiger charge is 2.60. The summed E-state index contributed by atoms with van der Waals surface area (Å²) in [4.78, 5) is 40.4. The molecule has 4 aliphatic rings. The number of amides is 2. The van der Waals surface area contributed by atoms with Crippen molar-refractivity contribution in [3.63, 3.8) is 0 Å². The molecule has 3 heterocycles. The lowest BCUT2D eigenvalue weighted by Gasteiger charge is -2.34. The van der Waals surface area contributed by atoms with Gasteiger partial charge in [0, 0.05) is 45.1 Å². The molecule has 2 saturated heterocycles. The van der Waals surface area contributed by atoms with E-state index in [0.717, 1.165) is 70.8 Å². The first-order valence-electron chi connectivity index (χ1n) is 10.8. The van der Waals surface area contributed by atoms with Crippen LogP contribution in [0, 0.1) is 23.7 Å². The Hall–Kier alpha value is -2.02. The average Bonchev–Trinajstić information content (AvgIpc) is 3.41. The number of nitrogens with zero attached hydrogens (tertiary/aromatic N) is 5. The van der Waals surface area contributed by atoms with Crippen molar-refractivity contribution in [1.29, 1.82) is 0 Å².